The van der Waals surface area contributed by atoms with Crippen LogP contribution in [0.4, 0.5) is 0 Å². The fraction of sp³-hybridized carbons (Fsp3) is 0.244. The van der Waals surface area contributed by atoms with Crippen molar-refractivity contribution in [2.45, 2.75) is 108 Å². The Labute approximate surface area is 572 Å². The molecule has 0 N–H and O–H groups in total. The maximum atomic E-state index is 8.35. The summed E-state index contributed by atoms with van der Waals surface area (Å²) in [6.45, 7) is 20.5. The molecule has 1 atom stereocenters. The van der Waals surface area contributed by atoms with Gasteiger partial charge >= 0.3 is 0 Å². The summed E-state index contributed by atoms with van der Waals surface area (Å²) >= 11 is 0. The number of pyridine rings is 4. The van der Waals surface area contributed by atoms with E-state index >= 15 is 0 Å². The molecule has 0 saturated heterocycles. The molecule has 0 radical (unpaired) electrons. The zero-order valence-corrected chi connectivity index (χ0v) is 58.1. The molecule has 1 unspecified atom stereocenters. The van der Waals surface area contributed by atoms with Crippen LogP contribution in [0.3, 0.4) is 0 Å². The highest BCUT2D eigenvalue weighted by Gasteiger charge is 2.19. The van der Waals surface area contributed by atoms with Crippen LogP contribution in [0.5, 0.6) is 0 Å². The van der Waals surface area contributed by atoms with E-state index in [1.807, 2.05) is 87.8 Å². The second-order valence-electron chi connectivity index (χ2n) is 26.1. The van der Waals surface area contributed by atoms with E-state index < -0.39 is 19.1 Å². The molecule has 0 aliphatic carbocycles. The van der Waals surface area contributed by atoms with Gasteiger partial charge in [-0.25, -0.2) is 18.3 Å². The molecule has 476 valence electrons. The maximum Gasteiger partial charge on any atom is 0.212 e. The van der Waals surface area contributed by atoms with Crippen molar-refractivity contribution in [2.24, 2.45) is 40.0 Å². The van der Waals surface area contributed by atoms with E-state index in [1.165, 1.54) is 102 Å². The molecular formula is C90H100N4+4. The fourth-order valence-corrected chi connectivity index (χ4v) is 12.2. The molecule has 0 amide bonds. The second-order valence-corrected chi connectivity index (χ2v) is 26.1. The molecule has 0 fully saturated rings. The minimum absolute atomic E-state index is 0.0720. The molecule has 0 aliphatic heterocycles. The van der Waals surface area contributed by atoms with Gasteiger partial charge in [-0.15, -0.1) is 0 Å². The van der Waals surface area contributed by atoms with Gasteiger partial charge in [0.15, 0.2) is 24.8 Å². The second kappa shape index (κ2) is 32.3. The monoisotopic (exact) mass is 1240 g/mol. The fourth-order valence-electron chi connectivity index (χ4n) is 12.2. The molecule has 94 heavy (non-hydrogen) atoms. The molecule has 4 nitrogen and oxygen atoms in total. The zero-order valence-electron chi connectivity index (χ0n) is 64.1. The smallest absolute Gasteiger partial charge is 0.200 e. The minimum Gasteiger partial charge on any atom is -0.200 e. The Hall–Kier alpha value is -9.64. The van der Waals surface area contributed by atoms with Crippen LogP contribution < -0.4 is 18.3 Å². The third kappa shape index (κ3) is 17.9. The van der Waals surface area contributed by atoms with Crippen LogP contribution in [0.2, 0.25) is 0 Å². The van der Waals surface area contributed by atoms with E-state index in [0.29, 0.717) is 17.4 Å². The number of aromatic nitrogens is 4. The lowest BCUT2D eigenvalue weighted by atomic mass is 9.97. The van der Waals surface area contributed by atoms with Crippen molar-refractivity contribution in [3.63, 3.8) is 0 Å². The Kier molecular flexibility index (Phi) is 20.8. The van der Waals surface area contributed by atoms with Crippen LogP contribution in [0, 0.1) is 39.5 Å². The first-order chi connectivity index (χ1) is 47.5. The summed E-state index contributed by atoms with van der Waals surface area (Å²) in [5, 5.41) is 0. The summed E-state index contributed by atoms with van der Waals surface area (Å²) in [6.07, 6.45) is 8.40. The summed E-state index contributed by atoms with van der Waals surface area (Å²) in [5.41, 5.74) is 28.0. The average molecular weight is 1240 g/mol. The van der Waals surface area contributed by atoms with Gasteiger partial charge in [0, 0.05) is 77.0 Å². The summed E-state index contributed by atoms with van der Waals surface area (Å²) in [7, 11) is 8.31. The van der Waals surface area contributed by atoms with E-state index in [9.17, 15) is 0 Å². The first-order valence-corrected chi connectivity index (χ1v) is 33.2. The third-order valence-corrected chi connectivity index (χ3v) is 17.3. The van der Waals surface area contributed by atoms with E-state index in [4.69, 9.17) is 8.22 Å². The zero-order chi connectivity index (χ0) is 72.2. The quantitative estimate of drug-likeness (QED) is 0.0965. The van der Waals surface area contributed by atoms with Crippen LogP contribution in [0.1, 0.15) is 120 Å². The number of nitrogens with zero attached hydrogens (tertiary/aromatic N) is 4. The standard InChI is InChI=1S/2C23H26N.2C22H24N/c2*1-17(2)14-19-9-7-10-20(15-19)21-12-13-23(24(4)16-21)22-11-6-5-8-18(22)3;2*1-16(2)18-9-7-10-19(14-18)20-12-13-22(23(4)15-20)21-11-6-5-8-17(21)3/h2*5-13,15-17H,14H2,1-4H3;2*5-16H,1-4H3/q4*+1/i14D2;;1D3,16D;. The first-order valence-electron chi connectivity index (χ1n) is 36.2. The Morgan fingerprint density at radius 2 is 0.628 bits per heavy atom. The summed E-state index contributed by atoms with van der Waals surface area (Å²) in [6, 6.07) is 83.9. The van der Waals surface area contributed by atoms with Gasteiger partial charge in [0.1, 0.15) is 28.2 Å². The number of rotatable bonds is 14. The number of benzene rings is 8. The summed E-state index contributed by atoms with van der Waals surface area (Å²) in [4.78, 5) is 0. The largest absolute Gasteiger partial charge is 0.212 e. The highest BCUT2D eigenvalue weighted by atomic mass is 14.9. The predicted octanol–water partition coefficient (Wildman–Crippen LogP) is 21.3. The number of aryl methyl sites for hydroxylation is 8. The Morgan fingerprint density at radius 1 is 0.319 bits per heavy atom. The highest BCUT2D eigenvalue weighted by Crippen LogP contribution is 2.31. The Balaban J connectivity index is 0.000000156. The van der Waals surface area contributed by atoms with Crippen molar-refractivity contribution < 1.29 is 26.5 Å². The molecule has 0 aliphatic rings. The Bertz CT molecular complexity index is 4790. The minimum atomic E-state index is -2.38. The van der Waals surface area contributed by atoms with Crippen LogP contribution in [-0.2, 0) is 41.0 Å². The van der Waals surface area contributed by atoms with Gasteiger partial charge in [0.2, 0.25) is 22.8 Å². The van der Waals surface area contributed by atoms with E-state index in [-0.39, 0.29) is 5.92 Å². The summed E-state index contributed by atoms with van der Waals surface area (Å²) < 4.78 is 56.7. The van der Waals surface area contributed by atoms with Gasteiger partial charge < -0.3 is 0 Å². The van der Waals surface area contributed by atoms with Crippen molar-refractivity contribution in [3.05, 3.63) is 312 Å². The van der Waals surface area contributed by atoms with Crippen molar-refractivity contribution in [2.75, 3.05) is 0 Å². The molecule has 0 spiro atoms. The molecular weight excluding hydrogens is 1140 g/mol. The van der Waals surface area contributed by atoms with Crippen LogP contribution >= 0.6 is 0 Å². The number of hydrogen-bond acceptors (Lipinski definition) is 0. The molecule has 8 aromatic carbocycles. The average Bonchev–Trinajstić information content (AvgIpc) is 0.820. The molecule has 4 aromatic heterocycles. The van der Waals surface area contributed by atoms with Crippen molar-refractivity contribution >= 4 is 0 Å². The van der Waals surface area contributed by atoms with Gasteiger partial charge in [0.25, 0.3) is 0 Å². The van der Waals surface area contributed by atoms with Crippen molar-refractivity contribution in [3.8, 4) is 89.5 Å². The topological polar surface area (TPSA) is 15.5 Å². The van der Waals surface area contributed by atoms with E-state index in [0.717, 1.165) is 39.9 Å². The SMILES string of the molecule is Cc1ccccc1-c1ccc(-c2cccc(C(C)C)c2)c[n+]1C.Cc1ccccc1-c1ccc(-c2cccc(CC(C)C)c2)c[n+]1C.[2H]C([2H])([2H])C([2H])(C)c1cccc(-c2ccc(-c3ccccc3C)[n+](C)c2)c1.[2H]C([2H])(c1cccc(-c2ccc(-c3ccccc3C)[n+](C)c2)c1)C(C)C. The van der Waals surface area contributed by atoms with Gasteiger partial charge in [-0.3, -0.25) is 0 Å². The predicted molar refractivity (Wildman–Crippen MR) is 398 cm³/mol. The van der Waals surface area contributed by atoms with Gasteiger partial charge in [0.05, 0.1) is 0 Å². The molecule has 12 rings (SSSR count). The van der Waals surface area contributed by atoms with Crippen LogP contribution in [0.15, 0.2) is 267 Å². The molecule has 0 saturated carbocycles. The van der Waals surface area contributed by atoms with E-state index in [1.54, 1.807) is 6.07 Å². The lowest BCUT2D eigenvalue weighted by Crippen LogP contribution is -2.30. The highest BCUT2D eigenvalue weighted by molar-refractivity contribution is 5.71. The third-order valence-electron chi connectivity index (χ3n) is 17.3. The Morgan fingerprint density at radius 3 is 0.947 bits per heavy atom. The van der Waals surface area contributed by atoms with Crippen LogP contribution in [-0.4, -0.2) is 0 Å². The van der Waals surface area contributed by atoms with Gasteiger partial charge in [-0.1, -0.05) is 225 Å². The number of hydrogen-bond donors (Lipinski definition) is 0. The van der Waals surface area contributed by atoms with E-state index in [2.05, 4.69) is 289 Å². The van der Waals surface area contributed by atoms with Gasteiger partial charge in [-0.2, -0.15) is 0 Å². The van der Waals surface area contributed by atoms with Crippen molar-refractivity contribution in [1.82, 2.24) is 0 Å². The maximum absolute atomic E-state index is 8.35. The lowest BCUT2D eigenvalue weighted by molar-refractivity contribution is -0.660. The first kappa shape index (κ1) is 60.6. The molecule has 12 aromatic rings. The van der Waals surface area contributed by atoms with Crippen molar-refractivity contribution in [1.29, 1.82) is 0 Å². The van der Waals surface area contributed by atoms with Crippen LogP contribution in [0.25, 0.3) is 89.5 Å². The molecule has 0 bridgehead atoms. The molecule has 4 heteroatoms. The molecule has 4 heterocycles. The lowest BCUT2D eigenvalue weighted by Gasteiger charge is -2.09. The summed E-state index contributed by atoms with van der Waals surface area (Å²) in [5.74, 6) is -0.487. The normalized spacial score (nSPS) is 12.9. The van der Waals surface area contributed by atoms with Gasteiger partial charge in [-0.05, 0) is 179 Å².